The molecule has 1 saturated carbocycles. The van der Waals surface area contributed by atoms with Gasteiger partial charge in [-0.25, -0.2) is 0 Å². The van der Waals surface area contributed by atoms with Crippen molar-refractivity contribution in [2.45, 2.75) is 44.0 Å². The molecule has 0 radical (unpaired) electrons. The maximum atomic E-state index is 5.74. The fourth-order valence-corrected chi connectivity index (χ4v) is 2.98. The topological polar surface area (TPSA) is 50.4 Å². The number of hydrogen-bond donors (Lipinski definition) is 2. The van der Waals surface area contributed by atoms with Crippen LogP contribution in [0.4, 0.5) is 0 Å². The van der Waals surface area contributed by atoms with E-state index in [0.717, 1.165) is 12.3 Å². The predicted molar refractivity (Wildman–Crippen MR) is 57.6 cm³/mol. The fraction of sp³-hybridized carbons (Fsp3) is 0.889. The van der Waals surface area contributed by atoms with Gasteiger partial charge in [0, 0.05) is 6.04 Å². The molecule has 0 amide bonds. The molecule has 1 atom stereocenters. The van der Waals surface area contributed by atoms with Crippen LogP contribution in [0.5, 0.6) is 0 Å². The first-order valence-electron chi connectivity index (χ1n) is 5.02. The standard InChI is InChI=1S/C9H17N3S/c1-2-8-11-12-9(13-8)5-6-3-7(10)4-6/h6-7,9,12H,2-5,10H2,1H3. The first kappa shape index (κ1) is 9.34. The molecule has 0 aromatic heterocycles. The van der Waals surface area contributed by atoms with E-state index in [2.05, 4.69) is 17.5 Å². The summed E-state index contributed by atoms with van der Waals surface area (Å²) in [7, 11) is 0. The minimum Gasteiger partial charge on any atom is -0.328 e. The molecular weight excluding hydrogens is 182 g/mol. The Kier molecular flexibility index (Phi) is 2.79. The number of nitrogens with zero attached hydrogens (tertiary/aromatic N) is 1. The van der Waals surface area contributed by atoms with E-state index in [0.29, 0.717) is 11.4 Å². The van der Waals surface area contributed by atoms with Crippen LogP contribution in [-0.4, -0.2) is 16.5 Å². The van der Waals surface area contributed by atoms with Crippen LogP contribution in [0.25, 0.3) is 0 Å². The van der Waals surface area contributed by atoms with Crippen molar-refractivity contribution < 1.29 is 0 Å². The molecular formula is C9H17N3S. The van der Waals surface area contributed by atoms with Crippen molar-refractivity contribution in [3.05, 3.63) is 0 Å². The molecule has 0 bridgehead atoms. The Labute approximate surface area is 83.5 Å². The summed E-state index contributed by atoms with van der Waals surface area (Å²) in [4.78, 5) is 0. The normalized spacial score (nSPS) is 38.0. The third-order valence-electron chi connectivity index (χ3n) is 2.73. The van der Waals surface area contributed by atoms with Gasteiger partial charge in [0.1, 0.15) is 0 Å². The van der Waals surface area contributed by atoms with E-state index in [1.165, 1.54) is 24.3 Å². The smallest absolute Gasteiger partial charge is 0.0953 e. The number of hydrazone groups is 1. The average molecular weight is 199 g/mol. The van der Waals surface area contributed by atoms with Gasteiger partial charge in [-0.15, -0.1) is 0 Å². The molecule has 0 spiro atoms. The molecule has 0 aromatic rings. The van der Waals surface area contributed by atoms with Crippen LogP contribution in [0.15, 0.2) is 5.10 Å². The molecule has 3 N–H and O–H groups in total. The molecule has 0 aromatic carbocycles. The van der Waals surface area contributed by atoms with Crippen LogP contribution < -0.4 is 11.2 Å². The number of hydrogen-bond acceptors (Lipinski definition) is 4. The minimum absolute atomic E-state index is 0.475. The molecule has 13 heavy (non-hydrogen) atoms. The van der Waals surface area contributed by atoms with E-state index in [1.807, 2.05) is 11.8 Å². The summed E-state index contributed by atoms with van der Waals surface area (Å²) >= 11 is 1.89. The molecule has 1 aliphatic heterocycles. The summed E-state index contributed by atoms with van der Waals surface area (Å²) in [5.41, 5.74) is 8.92. The molecule has 4 heteroatoms. The van der Waals surface area contributed by atoms with Crippen molar-refractivity contribution >= 4 is 16.8 Å². The second-order valence-corrected chi connectivity index (χ2v) is 5.20. The lowest BCUT2D eigenvalue weighted by Gasteiger charge is -2.33. The summed E-state index contributed by atoms with van der Waals surface area (Å²) in [5.74, 6) is 0.839. The Balaban J connectivity index is 1.68. The summed E-state index contributed by atoms with van der Waals surface area (Å²) in [6, 6.07) is 0.475. The maximum Gasteiger partial charge on any atom is 0.0953 e. The van der Waals surface area contributed by atoms with Gasteiger partial charge in [0.2, 0.25) is 0 Å². The average Bonchev–Trinajstić information content (AvgIpc) is 2.50. The summed E-state index contributed by atoms with van der Waals surface area (Å²) in [6.45, 7) is 2.15. The van der Waals surface area contributed by atoms with Gasteiger partial charge in [-0.1, -0.05) is 18.7 Å². The monoisotopic (exact) mass is 199 g/mol. The lowest BCUT2D eigenvalue weighted by atomic mass is 9.79. The van der Waals surface area contributed by atoms with Gasteiger partial charge in [0.15, 0.2) is 0 Å². The lowest BCUT2D eigenvalue weighted by molar-refractivity contribution is 0.243. The Morgan fingerprint density at radius 2 is 2.38 bits per heavy atom. The van der Waals surface area contributed by atoms with Crippen molar-refractivity contribution in [2.75, 3.05) is 0 Å². The van der Waals surface area contributed by atoms with E-state index in [1.54, 1.807) is 0 Å². The predicted octanol–water partition coefficient (Wildman–Crippen LogP) is 1.50. The molecule has 1 heterocycles. The van der Waals surface area contributed by atoms with Gasteiger partial charge in [-0.2, -0.15) is 5.10 Å². The number of thioether (sulfide) groups is 1. The van der Waals surface area contributed by atoms with Gasteiger partial charge in [-0.3, -0.25) is 5.43 Å². The summed E-state index contributed by atoms with van der Waals surface area (Å²) in [6.07, 6.45) is 4.70. The fourth-order valence-electron chi connectivity index (χ4n) is 1.91. The second kappa shape index (κ2) is 3.88. The first-order chi connectivity index (χ1) is 6.28. The molecule has 2 rings (SSSR count). The van der Waals surface area contributed by atoms with Gasteiger partial charge in [0.25, 0.3) is 0 Å². The van der Waals surface area contributed by atoms with Crippen LogP contribution >= 0.6 is 11.8 Å². The molecule has 1 aliphatic carbocycles. The largest absolute Gasteiger partial charge is 0.328 e. The van der Waals surface area contributed by atoms with Gasteiger partial charge < -0.3 is 5.73 Å². The van der Waals surface area contributed by atoms with Crippen LogP contribution in [0.1, 0.15) is 32.6 Å². The highest BCUT2D eigenvalue weighted by Crippen LogP contribution is 2.34. The first-order valence-corrected chi connectivity index (χ1v) is 5.90. The quantitative estimate of drug-likeness (QED) is 0.724. The Morgan fingerprint density at radius 3 is 2.92 bits per heavy atom. The molecule has 2 aliphatic rings. The van der Waals surface area contributed by atoms with E-state index in [9.17, 15) is 0 Å². The van der Waals surface area contributed by atoms with Crippen LogP contribution in [-0.2, 0) is 0 Å². The number of nitrogens with one attached hydrogen (secondary N) is 1. The lowest BCUT2D eigenvalue weighted by Crippen LogP contribution is -2.38. The second-order valence-electron chi connectivity index (χ2n) is 3.93. The van der Waals surface area contributed by atoms with Crippen molar-refractivity contribution in [1.82, 2.24) is 5.43 Å². The summed E-state index contributed by atoms with van der Waals surface area (Å²) in [5, 5.41) is 6.03. The zero-order chi connectivity index (χ0) is 9.26. The van der Waals surface area contributed by atoms with Crippen LogP contribution in [0.2, 0.25) is 0 Å². The van der Waals surface area contributed by atoms with E-state index in [4.69, 9.17) is 5.73 Å². The van der Waals surface area contributed by atoms with Crippen LogP contribution in [0, 0.1) is 5.92 Å². The van der Waals surface area contributed by atoms with Gasteiger partial charge >= 0.3 is 0 Å². The van der Waals surface area contributed by atoms with Gasteiger partial charge in [0.05, 0.1) is 10.4 Å². The summed E-state index contributed by atoms with van der Waals surface area (Å²) < 4.78 is 0. The number of nitrogens with two attached hydrogens (primary N) is 1. The Bertz CT molecular complexity index is 211. The highest BCUT2D eigenvalue weighted by Gasteiger charge is 2.30. The highest BCUT2D eigenvalue weighted by atomic mass is 32.2. The van der Waals surface area contributed by atoms with Gasteiger partial charge in [-0.05, 0) is 31.6 Å². The third kappa shape index (κ3) is 2.17. The van der Waals surface area contributed by atoms with Crippen molar-refractivity contribution in [3.63, 3.8) is 0 Å². The zero-order valence-corrected chi connectivity index (χ0v) is 8.81. The van der Waals surface area contributed by atoms with E-state index in [-0.39, 0.29) is 0 Å². The Hall–Kier alpha value is -0.220. The SMILES string of the molecule is CCC1=NNC(CC2CC(N)C2)S1. The molecule has 74 valence electrons. The third-order valence-corrected chi connectivity index (χ3v) is 3.97. The van der Waals surface area contributed by atoms with E-state index >= 15 is 0 Å². The van der Waals surface area contributed by atoms with Crippen molar-refractivity contribution in [2.24, 2.45) is 16.8 Å². The van der Waals surface area contributed by atoms with E-state index < -0.39 is 0 Å². The van der Waals surface area contributed by atoms with Crippen LogP contribution in [0.3, 0.4) is 0 Å². The van der Waals surface area contributed by atoms with Crippen molar-refractivity contribution in [1.29, 1.82) is 0 Å². The Morgan fingerprint density at radius 1 is 1.62 bits per heavy atom. The highest BCUT2D eigenvalue weighted by molar-refractivity contribution is 8.14. The van der Waals surface area contributed by atoms with Crippen molar-refractivity contribution in [3.8, 4) is 0 Å². The molecule has 0 saturated heterocycles. The molecule has 1 unspecified atom stereocenters. The molecule has 1 fully saturated rings. The maximum absolute atomic E-state index is 5.74. The molecule has 3 nitrogen and oxygen atoms in total. The number of rotatable bonds is 3. The minimum atomic E-state index is 0.475. The zero-order valence-electron chi connectivity index (χ0n) is 7.99.